The average Bonchev–Trinajstić information content (AvgIpc) is 2.64. The zero-order valence-electron chi connectivity index (χ0n) is 16.5. The van der Waals surface area contributed by atoms with Gasteiger partial charge in [-0.1, -0.05) is 6.07 Å². The molecule has 1 aromatic carbocycles. The molecule has 4 rings (SSSR count). The van der Waals surface area contributed by atoms with Gasteiger partial charge in [-0.2, -0.15) is 0 Å². The number of anilines is 1. The second-order valence-electron chi connectivity index (χ2n) is 8.27. The first-order valence-corrected chi connectivity index (χ1v) is 9.49. The quantitative estimate of drug-likeness (QED) is 0.437. The summed E-state index contributed by atoms with van der Waals surface area (Å²) >= 11 is 0. The topological polar surface area (TPSA) is 161 Å². The van der Waals surface area contributed by atoms with Crippen LogP contribution < -0.4 is 10.6 Å². The molecule has 6 N–H and O–H groups in total. The summed E-state index contributed by atoms with van der Waals surface area (Å²) in [6.07, 6.45) is 0.0988. The number of benzene rings is 1. The number of rotatable bonds is 2. The molecular formula is C21H22N2O7. The van der Waals surface area contributed by atoms with Crippen LogP contribution in [0.3, 0.4) is 0 Å². The fraction of sp³-hybridized carbons (Fsp3) is 0.381. The summed E-state index contributed by atoms with van der Waals surface area (Å²) in [5, 5.41) is 43.3. The minimum atomic E-state index is -2.54. The van der Waals surface area contributed by atoms with Gasteiger partial charge in [-0.05, 0) is 30.4 Å². The number of aromatic hydroxyl groups is 1. The van der Waals surface area contributed by atoms with Crippen molar-refractivity contribution >= 4 is 28.9 Å². The van der Waals surface area contributed by atoms with E-state index in [1.54, 1.807) is 31.1 Å². The van der Waals surface area contributed by atoms with Crippen molar-refractivity contribution in [3.63, 3.8) is 0 Å². The summed E-state index contributed by atoms with van der Waals surface area (Å²) in [5.41, 5.74) is 2.84. The van der Waals surface area contributed by atoms with Crippen molar-refractivity contribution < 1.29 is 34.8 Å². The van der Waals surface area contributed by atoms with Crippen molar-refractivity contribution in [1.29, 1.82) is 0 Å². The fourth-order valence-corrected chi connectivity index (χ4v) is 4.95. The van der Waals surface area contributed by atoms with Crippen molar-refractivity contribution in [2.75, 3.05) is 19.0 Å². The summed E-state index contributed by atoms with van der Waals surface area (Å²) < 4.78 is 0. The van der Waals surface area contributed by atoms with E-state index in [0.29, 0.717) is 17.7 Å². The van der Waals surface area contributed by atoms with Crippen molar-refractivity contribution in [3.05, 3.63) is 40.2 Å². The van der Waals surface area contributed by atoms with Crippen LogP contribution in [0.4, 0.5) is 5.69 Å². The Bertz CT molecular complexity index is 1090. The second-order valence-corrected chi connectivity index (χ2v) is 8.27. The lowest BCUT2D eigenvalue weighted by atomic mass is 9.59. The van der Waals surface area contributed by atoms with E-state index in [9.17, 15) is 34.8 Å². The molecule has 1 fully saturated rings. The number of Topliss-reactive ketones (excluding diaryl/α,β-unsaturated/α-hetero) is 2. The highest BCUT2D eigenvalue weighted by atomic mass is 16.3. The van der Waals surface area contributed by atoms with Crippen LogP contribution in [0.1, 0.15) is 24.0 Å². The molecule has 30 heavy (non-hydrogen) atoms. The number of nitrogens with two attached hydrogens (primary N) is 1. The third kappa shape index (κ3) is 2.41. The van der Waals surface area contributed by atoms with Crippen LogP contribution in [0.2, 0.25) is 0 Å². The predicted molar refractivity (Wildman–Crippen MR) is 106 cm³/mol. The van der Waals surface area contributed by atoms with E-state index in [-0.39, 0.29) is 29.7 Å². The first-order chi connectivity index (χ1) is 14.0. The molecule has 1 amide bonds. The summed E-state index contributed by atoms with van der Waals surface area (Å²) in [6, 6.07) is 3.45. The number of ketones is 2. The van der Waals surface area contributed by atoms with Crippen LogP contribution >= 0.6 is 0 Å². The highest BCUT2D eigenvalue weighted by Crippen LogP contribution is 2.52. The number of primary amides is 1. The zero-order chi connectivity index (χ0) is 22.1. The zero-order valence-corrected chi connectivity index (χ0v) is 16.5. The van der Waals surface area contributed by atoms with Crippen LogP contribution in [0.15, 0.2) is 29.0 Å². The summed E-state index contributed by atoms with van der Waals surface area (Å²) in [6.45, 7) is 0. The molecule has 0 aliphatic heterocycles. The number of carbonyl (C=O) groups is 3. The van der Waals surface area contributed by atoms with Gasteiger partial charge < -0.3 is 31.1 Å². The van der Waals surface area contributed by atoms with Gasteiger partial charge in [0.05, 0.1) is 11.3 Å². The molecule has 1 aromatic rings. The number of phenolic OH excluding ortho intramolecular Hbond substituents is 1. The Hall–Kier alpha value is -3.33. The molecule has 0 saturated heterocycles. The SMILES string of the molecule is CN(C)c1ccc2c(c1O)C(O)=C1C(=O)[C@]3(O)C(O)=C(C(N)=O)C(=O)CC3CC1C2. The maximum absolute atomic E-state index is 13.3. The molecule has 9 nitrogen and oxygen atoms in total. The van der Waals surface area contributed by atoms with Crippen molar-refractivity contribution in [2.45, 2.75) is 24.9 Å². The summed E-state index contributed by atoms with van der Waals surface area (Å²) in [4.78, 5) is 38.9. The van der Waals surface area contributed by atoms with E-state index < -0.39 is 52.0 Å². The lowest BCUT2D eigenvalue weighted by Crippen LogP contribution is -2.58. The summed E-state index contributed by atoms with van der Waals surface area (Å²) in [5.74, 6) is -6.20. The van der Waals surface area contributed by atoms with Crippen LogP contribution in [-0.2, 0) is 20.8 Å². The number of carbonyl (C=O) groups excluding carboxylic acids is 3. The third-order valence-electron chi connectivity index (χ3n) is 6.40. The number of phenols is 1. The molecule has 3 aliphatic rings. The monoisotopic (exact) mass is 414 g/mol. The number of hydrogen-bond acceptors (Lipinski definition) is 8. The predicted octanol–water partition coefficient (Wildman–Crippen LogP) is 0.490. The Morgan fingerprint density at radius 1 is 1.17 bits per heavy atom. The Morgan fingerprint density at radius 2 is 1.83 bits per heavy atom. The Labute approximate surface area is 171 Å². The number of nitrogens with zero attached hydrogens (tertiary/aromatic N) is 1. The van der Waals surface area contributed by atoms with Crippen LogP contribution in [0.5, 0.6) is 5.75 Å². The van der Waals surface area contributed by atoms with E-state index in [4.69, 9.17) is 5.73 Å². The van der Waals surface area contributed by atoms with E-state index >= 15 is 0 Å². The Morgan fingerprint density at radius 3 is 2.43 bits per heavy atom. The van der Waals surface area contributed by atoms with Gasteiger partial charge in [0.1, 0.15) is 22.8 Å². The minimum absolute atomic E-state index is 0.0910. The lowest BCUT2D eigenvalue weighted by Gasteiger charge is -2.46. The van der Waals surface area contributed by atoms with Gasteiger partial charge >= 0.3 is 0 Å². The Balaban J connectivity index is 1.93. The van der Waals surface area contributed by atoms with Gasteiger partial charge in [0, 0.05) is 32.0 Å². The number of amides is 1. The smallest absolute Gasteiger partial charge is 0.255 e. The molecule has 3 aliphatic carbocycles. The maximum Gasteiger partial charge on any atom is 0.255 e. The van der Waals surface area contributed by atoms with E-state index in [1.165, 1.54) is 0 Å². The van der Waals surface area contributed by atoms with Crippen LogP contribution in [-0.4, -0.2) is 57.6 Å². The molecule has 0 aromatic heterocycles. The molecule has 0 radical (unpaired) electrons. The van der Waals surface area contributed by atoms with Gasteiger partial charge in [0.25, 0.3) is 5.91 Å². The van der Waals surface area contributed by atoms with Crippen molar-refractivity contribution in [3.8, 4) is 5.75 Å². The second kappa shape index (κ2) is 6.33. The standard InChI is InChI=1S/C21H22N2O7/c1-23(2)11-4-3-8-5-9-6-10-7-12(24)15(20(22)29)19(28)21(10,30)18(27)14(9)17(26)13(8)16(11)25/h3-4,9-10,25-26,28,30H,5-7H2,1-2H3,(H2,22,29)/t9?,10?,21-/m0/s1. The molecule has 0 heterocycles. The van der Waals surface area contributed by atoms with Gasteiger partial charge in [-0.25, -0.2) is 0 Å². The normalized spacial score (nSPS) is 28.1. The van der Waals surface area contributed by atoms with E-state index in [2.05, 4.69) is 0 Å². The Kier molecular flexibility index (Phi) is 4.21. The van der Waals surface area contributed by atoms with Crippen LogP contribution in [0, 0.1) is 11.8 Å². The highest BCUT2D eigenvalue weighted by molar-refractivity contribution is 6.22. The average molecular weight is 414 g/mol. The molecule has 2 unspecified atom stereocenters. The largest absolute Gasteiger partial charge is 0.508 e. The first-order valence-electron chi connectivity index (χ1n) is 9.49. The van der Waals surface area contributed by atoms with Crippen molar-refractivity contribution in [1.82, 2.24) is 0 Å². The molecular weight excluding hydrogens is 392 g/mol. The minimum Gasteiger partial charge on any atom is -0.508 e. The van der Waals surface area contributed by atoms with E-state index in [0.717, 1.165) is 0 Å². The number of aliphatic hydroxyl groups excluding tert-OH is 2. The fourth-order valence-electron chi connectivity index (χ4n) is 4.95. The third-order valence-corrected chi connectivity index (χ3v) is 6.40. The number of aliphatic hydroxyl groups is 3. The van der Waals surface area contributed by atoms with E-state index in [1.807, 2.05) is 0 Å². The molecule has 158 valence electrons. The van der Waals surface area contributed by atoms with Crippen LogP contribution in [0.25, 0.3) is 5.76 Å². The molecule has 9 heteroatoms. The summed E-state index contributed by atoms with van der Waals surface area (Å²) in [7, 11) is 3.42. The van der Waals surface area contributed by atoms with Gasteiger partial charge in [0.15, 0.2) is 11.4 Å². The molecule has 3 atom stereocenters. The van der Waals surface area contributed by atoms with Gasteiger partial charge in [-0.3, -0.25) is 14.4 Å². The van der Waals surface area contributed by atoms with Gasteiger partial charge in [-0.15, -0.1) is 0 Å². The first kappa shape index (κ1) is 20.0. The van der Waals surface area contributed by atoms with Gasteiger partial charge in [0.2, 0.25) is 5.78 Å². The molecule has 1 saturated carbocycles. The molecule has 0 spiro atoms. The number of fused-ring (bicyclic) bond motifs is 3. The lowest BCUT2D eigenvalue weighted by molar-refractivity contribution is -0.147. The number of hydrogen-bond donors (Lipinski definition) is 5. The highest BCUT2D eigenvalue weighted by Gasteiger charge is 2.60. The molecule has 0 bridgehead atoms. The van der Waals surface area contributed by atoms with Crippen molar-refractivity contribution in [2.24, 2.45) is 17.6 Å². The maximum atomic E-state index is 13.3.